The average Bonchev–Trinajstić information content (AvgIpc) is 2.17. The summed E-state index contributed by atoms with van der Waals surface area (Å²) in [6.07, 6.45) is 8.46. The van der Waals surface area contributed by atoms with Gasteiger partial charge in [0.1, 0.15) is 12.4 Å². The Labute approximate surface area is 97.7 Å². The van der Waals surface area contributed by atoms with Crippen LogP contribution in [0.3, 0.4) is 0 Å². The van der Waals surface area contributed by atoms with E-state index in [0.717, 1.165) is 12.2 Å². The fraction of sp³-hybridized carbons (Fsp3) is 0.500. The minimum absolute atomic E-state index is 0.0524. The molecule has 0 amide bonds. The van der Waals surface area contributed by atoms with Crippen molar-refractivity contribution in [3.05, 3.63) is 35.6 Å². The van der Waals surface area contributed by atoms with Crippen LogP contribution in [0.4, 0.5) is 0 Å². The lowest BCUT2D eigenvalue weighted by atomic mass is 9.85. The third kappa shape index (κ3) is 3.69. The molecule has 1 aliphatic heterocycles. The topological polar surface area (TPSA) is 26.3 Å². The number of hydrogen-bond acceptors (Lipinski definition) is 2. The van der Waals surface area contributed by atoms with E-state index in [2.05, 4.69) is 26.8 Å². The second-order valence-corrected chi connectivity index (χ2v) is 4.93. The van der Waals surface area contributed by atoms with E-state index < -0.39 is 0 Å². The molecule has 0 aromatic carbocycles. The van der Waals surface area contributed by atoms with Crippen LogP contribution < -0.4 is 0 Å². The molecule has 0 aliphatic carbocycles. The molecule has 0 unspecified atom stereocenters. The largest absolute Gasteiger partial charge is 0.493 e. The minimum Gasteiger partial charge on any atom is -0.493 e. The van der Waals surface area contributed by atoms with Crippen molar-refractivity contribution in [3.63, 3.8) is 0 Å². The van der Waals surface area contributed by atoms with Crippen molar-refractivity contribution in [2.24, 2.45) is 5.41 Å². The van der Waals surface area contributed by atoms with Gasteiger partial charge in [-0.25, -0.2) is 0 Å². The number of carbonyl (C=O) groups is 1. The average molecular weight is 220 g/mol. The first-order valence-corrected chi connectivity index (χ1v) is 5.59. The maximum Gasteiger partial charge on any atom is 0.152 e. The van der Waals surface area contributed by atoms with E-state index in [1.165, 1.54) is 5.57 Å². The van der Waals surface area contributed by atoms with Gasteiger partial charge in [-0.05, 0) is 38.0 Å². The molecule has 0 saturated heterocycles. The number of hydrogen-bond donors (Lipinski definition) is 0. The van der Waals surface area contributed by atoms with E-state index in [-0.39, 0.29) is 11.2 Å². The normalized spacial score (nSPS) is 16.8. The van der Waals surface area contributed by atoms with Gasteiger partial charge in [-0.2, -0.15) is 0 Å². The summed E-state index contributed by atoms with van der Waals surface area (Å²) in [7, 11) is 0. The van der Waals surface area contributed by atoms with Gasteiger partial charge in [0.25, 0.3) is 0 Å². The third-order valence-electron chi connectivity index (χ3n) is 2.62. The zero-order valence-corrected chi connectivity index (χ0v) is 10.5. The van der Waals surface area contributed by atoms with Gasteiger partial charge in [0.2, 0.25) is 0 Å². The van der Waals surface area contributed by atoms with Crippen LogP contribution in [0.5, 0.6) is 0 Å². The van der Waals surface area contributed by atoms with E-state index in [1.807, 2.05) is 12.2 Å². The van der Waals surface area contributed by atoms with Crippen molar-refractivity contribution in [1.29, 1.82) is 0 Å². The van der Waals surface area contributed by atoms with Crippen molar-refractivity contribution < 1.29 is 9.53 Å². The molecule has 2 nitrogen and oxygen atoms in total. The van der Waals surface area contributed by atoms with Crippen LogP contribution in [-0.2, 0) is 9.53 Å². The van der Waals surface area contributed by atoms with Gasteiger partial charge in [0, 0.05) is 5.41 Å². The monoisotopic (exact) mass is 220 g/mol. The second kappa shape index (κ2) is 5.15. The van der Waals surface area contributed by atoms with Crippen LogP contribution in [-0.4, -0.2) is 12.4 Å². The van der Waals surface area contributed by atoms with Gasteiger partial charge in [-0.15, -0.1) is 0 Å². The van der Waals surface area contributed by atoms with E-state index in [1.54, 1.807) is 13.0 Å². The quantitative estimate of drug-likeness (QED) is 0.679. The van der Waals surface area contributed by atoms with Crippen LogP contribution >= 0.6 is 0 Å². The molecule has 0 atom stereocenters. The lowest BCUT2D eigenvalue weighted by molar-refractivity contribution is -0.112. The van der Waals surface area contributed by atoms with E-state index >= 15 is 0 Å². The SMILES string of the molecule is CC(=O)C=CCC(C)(C)C1=CC=C(C)CO1. The number of allylic oxidation sites excluding steroid dienone is 5. The fourth-order valence-corrected chi connectivity index (χ4v) is 1.55. The Morgan fingerprint density at radius 2 is 2.19 bits per heavy atom. The highest BCUT2D eigenvalue weighted by Gasteiger charge is 2.24. The van der Waals surface area contributed by atoms with E-state index in [9.17, 15) is 4.79 Å². The summed E-state index contributed by atoms with van der Waals surface area (Å²) in [6.45, 7) is 8.53. The first-order valence-electron chi connectivity index (χ1n) is 5.59. The molecule has 0 N–H and O–H groups in total. The fourth-order valence-electron chi connectivity index (χ4n) is 1.55. The predicted molar refractivity (Wildman–Crippen MR) is 66.0 cm³/mol. The van der Waals surface area contributed by atoms with Gasteiger partial charge < -0.3 is 4.74 Å². The smallest absolute Gasteiger partial charge is 0.152 e. The molecule has 0 saturated carbocycles. The van der Waals surface area contributed by atoms with Crippen LogP contribution in [0.25, 0.3) is 0 Å². The van der Waals surface area contributed by atoms with Gasteiger partial charge in [-0.1, -0.05) is 26.0 Å². The summed E-state index contributed by atoms with van der Waals surface area (Å²) in [5, 5.41) is 0. The lowest BCUT2D eigenvalue weighted by Crippen LogP contribution is -2.18. The summed E-state index contributed by atoms with van der Waals surface area (Å²) < 4.78 is 5.69. The molecule has 0 spiro atoms. The Morgan fingerprint density at radius 3 is 2.69 bits per heavy atom. The van der Waals surface area contributed by atoms with Gasteiger partial charge in [-0.3, -0.25) is 4.79 Å². The Kier molecular flexibility index (Phi) is 4.11. The molecular formula is C14H20O2. The first-order chi connectivity index (χ1) is 7.42. The lowest BCUT2D eigenvalue weighted by Gasteiger charge is -2.28. The summed E-state index contributed by atoms with van der Waals surface area (Å²) in [4.78, 5) is 10.8. The number of carbonyl (C=O) groups excluding carboxylic acids is 1. The molecule has 0 radical (unpaired) electrons. The first kappa shape index (κ1) is 12.8. The van der Waals surface area contributed by atoms with Gasteiger partial charge in [0.15, 0.2) is 5.78 Å². The molecule has 0 bridgehead atoms. The molecule has 0 aromatic rings. The Morgan fingerprint density at radius 1 is 1.50 bits per heavy atom. The minimum atomic E-state index is -0.0524. The van der Waals surface area contributed by atoms with E-state index in [4.69, 9.17) is 4.74 Å². The van der Waals surface area contributed by atoms with Crippen LogP contribution in [0.15, 0.2) is 35.6 Å². The summed E-state index contributed by atoms with van der Waals surface area (Å²) >= 11 is 0. The Balaban J connectivity index is 2.67. The Bertz CT molecular complexity index is 357. The van der Waals surface area contributed by atoms with Crippen molar-refractivity contribution in [3.8, 4) is 0 Å². The van der Waals surface area contributed by atoms with E-state index in [0.29, 0.717) is 6.61 Å². The summed E-state index contributed by atoms with van der Waals surface area (Å²) in [5.74, 6) is 1.08. The zero-order valence-electron chi connectivity index (χ0n) is 10.5. The number of ketones is 1. The second-order valence-electron chi connectivity index (χ2n) is 4.93. The predicted octanol–water partition coefficient (Wildman–Crippen LogP) is 3.41. The highest BCUT2D eigenvalue weighted by atomic mass is 16.5. The van der Waals surface area contributed by atoms with Crippen LogP contribution in [0, 0.1) is 5.41 Å². The van der Waals surface area contributed by atoms with Crippen molar-refractivity contribution in [1.82, 2.24) is 0 Å². The Hall–Kier alpha value is -1.31. The number of ether oxygens (including phenoxy) is 1. The van der Waals surface area contributed by atoms with Crippen LogP contribution in [0.2, 0.25) is 0 Å². The van der Waals surface area contributed by atoms with Gasteiger partial charge in [0.05, 0.1) is 0 Å². The molecule has 1 rings (SSSR count). The maximum absolute atomic E-state index is 10.8. The van der Waals surface area contributed by atoms with Crippen molar-refractivity contribution >= 4 is 5.78 Å². The highest BCUT2D eigenvalue weighted by Crippen LogP contribution is 2.33. The molecule has 0 fully saturated rings. The maximum atomic E-state index is 10.8. The highest BCUT2D eigenvalue weighted by molar-refractivity contribution is 5.87. The van der Waals surface area contributed by atoms with Crippen LogP contribution in [0.1, 0.15) is 34.1 Å². The standard InChI is InChI=1S/C14H20O2/c1-11-7-8-13(16-10-11)14(3,4)9-5-6-12(2)15/h5-8H,9-10H2,1-4H3. The van der Waals surface area contributed by atoms with Gasteiger partial charge >= 0.3 is 0 Å². The van der Waals surface area contributed by atoms with Crippen molar-refractivity contribution in [2.45, 2.75) is 34.1 Å². The molecule has 1 heterocycles. The third-order valence-corrected chi connectivity index (χ3v) is 2.62. The number of rotatable bonds is 4. The molecule has 0 aromatic heterocycles. The molecule has 88 valence electrons. The molecular weight excluding hydrogens is 200 g/mol. The molecule has 1 aliphatic rings. The molecule has 2 heteroatoms. The summed E-state index contributed by atoms with van der Waals surface area (Å²) in [6, 6.07) is 0. The van der Waals surface area contributed by atoms with Crippen molar-refractivity contribution in [2.75, 3.05) is 6.61 Å². The summed E-state index contributed by atoms with van der Waals surface area (Å²) in [5.41, 5.74) is 1.18. The molecule has 16 heavy (non-hydrogen) atoms. The zero-order chi connectivity index (χ0) is 12.2.